The van der Waals surface area contributed by atoms with Crippen LogP contribution in [0.2, 0.25) is 0 Å². The number of nitrogens with zero attached hydrogens (tertiary/aromatic N) is 1. The molecule has 0 saturated carbocycles. The Morgan fingerprint density at radius 2 is 1.80 bits per heavy atom. The third-order valence-corrected chi connectivity index (χ3v) is 6.27. The van der Waals surface area contributed by atoms with E-state index < -0.39 is 16.1 Å². The topological polar surface area (TPSA) is 63.7 Å². The van der Waals surface area contributed by atoms with Gasteiger partial charge >= 0.3 is 0 Å². The van der Waals surface area contributed by atoms with Crippen molar-refractivity contribution in [2.45, 2.75) is 24.3 Å². The van der Waals surface area contributed by atoms with Crippen molar-refractivity contribution < 1.29 is 17.9 Å². The third-order valence-electron chi connectivity index (χ3n) is 4.26. The molecule has 1 atom stereocenters. The second-order valence-corrected chi connectivity index (χ2v) is 7.97. The van der Waals surface area contributed by atoms with Gasteiger partial charge in [0.1, 0.15) is 5.78 Å². The Morgan fingerprint density at radius 1 is 1.12 bits per heavy atom. The molecule has 6 heteroatoms. The van der Waals surface area contributed by atoms with Crippen molar-refractivity contribution in [1.29, 1.82) is 0 Å². The molecule has 1 fully saturated rings. The predicted molar refractivity (Wildman–Crippen MR) is 95.7 cm³/mol. The molecule has 2 aromatic rings. The molecule has 1 aliphatic heterocycles. The summed E-state index contributed by atoms with van der Waals surface area (Å²) in [5.41, 5.74) is 1.51. The maximum atomic E-state index is 13.3. The van der Waals surface area contributed by atoms with Crippen molar-refractivity contribution >= 4 is 15.8 Å². The van der Waals surface area contributed by atoms with Gasteiger partial charge in [-0.05, 0) is 18.6 Å². The van der Waals surface area contributed by atoms with E-state index in [0.717, 1.165) is 5.56 Å². The summed E-state index contributed by atoms with van der Waals surface area (Å²) in [5, 5.41) is 0. The standard InChI is InChI=1S/C19H21NO4S/c1-15(21)13-17-14-24-12-11-20(17)25(22,23)19-10-6-5-9-18(19)16-7-3-2-4-8-16/h2-10,17H,11-14H2,1H3. The van der Waals surface area contributed by atoms with Crippen molar-refractivity contribution in [3.8, 4) is 11.1 Å². The highest BCUT2D eigenvalue weighted by Crippen LogP contribution is 2.31. The van der Waals surface area contributed by atoms with E-state index in [0.29, 0.717) is 12.2 Å². The molecule has 0 aliphatic carbocycles. The fraction of sp³-hybridized carbons (Fsp3) is 0.316. The first kappa shape index (κ1) is 17.8. The molecule has 5 nitrogen and oxygen atoms in total. The van der Waals surface area contributed by atoms with Crippen LogP contribution in [0, 0.1) is 0 Å². The van der Waals surface area contributed by atoms with Crippen LogP contribution >= 0.6 is 0 Å². The molecule has 1 unspecified atom stereocenters. The minimum Gasteiger partial charge on any atom is -0.378 e. The fourth-order valence-corrected chi connectivity index (χ4v) is 4.93. The van der Waals surface area contributed by atoms with Crippen LogP contribution in [0.25, 0.3) is 11.1 Å². The van der Waals surface area contributed by atoms with E-state index in [9.17, 15) is 13.2 Å². The Kier molecular flexibility index (Phi) is 5.32. The Hall–Kier alpha value is -2.02. The van der Waals surface area contributed by atoms with Crippen LogP contribution in [0.4, 0.5) is 0 Å². The zero-order valence-electron chi connectivity index (χ0n) is 14.1. The van der Waals surface area contributed by atoms with E-state index in [1.54, 1.807) is 12.1 Å². The summed E-state index contributed by atoms with van der Waals surface area (Å²) in [4.78, 5) is 11.8. The number of morpholine rings is 1. The molecule has 1 saturated heterocycles. The lowest BCUT2D eigenvalue weighted by Gasteiger charge is -2.34. The zero-order chi connectivity index (χ0) is 17.9. The maximum absolute atomic E-state index is 13.3. The van der Waals surface area contributed by atoms with E-state index in [4.69, 9.17) is 4.74 Å². The molecule has 0 amide bonds. The molecule has 0 radical (unpaired) electrons. The Balaban J connectivity index is 2.04. The van der Waals surface area contributed by atoms with Gasteiger partial charge in [0.15, 0.2) is 0 Å². The molecular weight excluding hydrogens is 338 g/mol. The molecule has 0 N–H and O–H groups in total. The highest BCUT2D eigenvalue weighted by molar-refractivity contribution is 7.89. The molecule has 0 bridgehead atoms. The van der Waals surface area contributed by atoms with Crippen molar-refractivity contribution in [3.63, 3.8) is 0 Å². The number of carbonyl (C=O) groups excluding carboxylic acids is 1. The average molecular weight is 359 g/mol. The monoisotopic (exact) mass is 359 g/mol. The second-order valence-electron chi connectivity index (χ2n) is 6.11. The maximum Gasteiger partial charge on any atom is 0.244 e. The van der Waals surface area contributed by atoms with Crippen LogP contribution in [0.3, 0.4) is 0 Å². The van der Waals surface area contributed by atoms with Crippen LogP contribution in [0.1, 0.15) is 13.3 Å². The quantitative estimate of drug-likeness (QED) is 0.823. The Bertz CT molecular complexity index is 849. The molecule has 0 aromatic heterocycles. The van der Waals surface area contributed by atoms with Crippen LogP contribution in [-0.4, -0.2) is 44.3 Å². The van der Waals surface area contributed by atoms with Crippen molar-refractivity contribution in [2.24, 2.45) is 0 Å². The first-order chi connectivity index (χ1) is 12.0. The lowest BCUT2D eigenvalue weighted by Crippen LogP contribution is -2.49. The Morgan fingerprint density at radius 3 is 2.52 bits per heavy atom. The van der Waals surface area contributed by atoms with Gasteiger partial charge in [0.05, 0.1) is 24.2 Å². The van der Waals surface area contributed by atoms with Gasteiger partial charge in [-0.25, -0.2) is 8.42 Å². The molecule has 2 aromatic carbocycles. The van der Waals surface area contributed by atoms with Gasteiger partial charge in [0.25, 0.3) is 0 Å². The number of sulfonamides is 1. The van der Waals surface area contributed by atoms with Gasteiger partial charge < -0.3 is 4.74 Å². The van der Waals surface area contributed by atoms with E-state index in [1.807, 2.05) is 42.5 Å². The summed E-state index contributed by atoms with van der Waals surface area (Å²) in [7, 11) is -3.73. The van der Waals surface area contributed by atoms with Crippen LogP contribution in [-0.2, 0) is 19.6 Å². The number of hydrogen-bond acceptors (Lipinski definition) is 4. The highest BCUT2D eigenvalue weighted by Gasteiger charge is 2.35. The summed E-state index contributed by atoms with van der Waals surface area (Å²) in [6.45, 7) is 2.30. The number of ether oxygens (including phenoxy) is 1. The van der Waals surface area contributed by atoms with Crippen molar-refractivity contribution in [1.82, 2.24) is 4.31 Å². The first-order valence-corrected chi connectivity index (χ1v) is 9.67. The van der Waals surface area contributed by atoms with E-state index in [-0.39, 0.29) is 30.3 Å². The fourth-order valence-electron chi connectivity index (χ4n) is 3.12. The van der Waals surface area contributed by atoms with Gasteiger partial charge in [-0.3, -0.25) is 4.79 Å². The van der Waals surface area contributed by atoms with Crippen LogP contribution in [0.5, 0.6) is 0 Å². The highest BCUT2D eigenvalue weighted by atomic mass is 32.2. The number of ketones is 1. The molecule has 3 rings (SSSR count). The van der Waals surface area contributed by atoms with E-state index >= 15 is 0 Å². The SMILES string of the molecule is CC(=O)CC1COCCN1S(=O)(=O)c1ccccc1-c1ccccc1. The first-order valence-electron chi connectivity index (χ1n) is 8.23. The summed E-state index contributed by atoms with van der Waals surface area (Å²) < 4.78 is 33.5. The summed E-state index contributed by atoms with van der Waals surface area (Å²) in [6, 6.07) is 16.0. The minimum atomic E-state index is -3.73. The smallest absolute Gasteiger partial charge is 0.244 e. The average Bonchev–Trinajstić information content (AvgIpc) is 2.62. The van der Waals surface area contributed by atoms with Crippen LogP contribution < -0.4 is 0 Å². The predicted octanol–water partition coefficient (Wildman–Crippen LogP) is 2.72. The number of hydrogen-bond donors (Lipinski definition) is 0. The Labute approximate surface area is 148 Å². The van der Waals surface area contributed by atoms with Crippen LogP contribution in [0.15, 0.2) is 59.5 Å². The van der Waals surface area contributed by atoms with Crippen molar-refractivity contribution in [3.05, 3.63) is 54.6 Å². The number of benzene rings is 2. The van der Waals surface area contributed by atoms with Gasteiger partial charge in [-0.2, -0.15) is 4.31 Å². The van der Waals surface area contributed by atoms with Gasteiger partial charge in [0.2, 0.25) is 10.0 Å². The lowest BCUT2D eigenvalue weighted by molar-refractivity contribution is -0.118. The molecule has 0 spiro atoms. The largest absolute Gasteiger partial charge is 0.378 e. The van der Waals surface area contributed by atoms with E-state index in [1.165, 1.54) is 11.2 Å². The van der Waals surface area contributed by atoms with E-state index in [2.05, 4.69) is 0 Å². The molecule has 1 heterocycles. The number of carbonyl (C=O) groups is 1. The second kappa shape index (κ2) is 7.47. The van der Waals surface area contributed by atoms with Gasteiger partial charge in [0, 0.05) is 18.5 Å². The third kappa shape index (κ3) is 3.81. The zero-order valence-corrected chi connectivity index (χ0v) is 14.9. The lowest BCUT2D eigenvalue weighted by atomic mass is 10.1. The molecule has 132 valence electrons. The normalized spacial score (nSPS) is 18.8. The molecule has 25 heavy (non-hydrogen) atoms. The number of Topliss-reactive ketones (excluding diaryl/α,β-unsaturated/α-hetero) is 1. The van der Waals surface area contributed by atoms with Gasteiger partial charge in [-0.1, -0.05) is 48.5 Å². The summed E-state index contributed by atoms with van der Waals surface area (Å²) >= 11 is 0. The summed E-state index contributed by atoms with van der Waals surface area (Å²) in [5.74, 6) is -0.0490. The van der Waals surface area contributed by atoms with Crippen molar-refractivity contribution in [2.75, 3.05) is 19.8 Å². The number of rotatable bonds is 5. The molecular formula is C19H21NO4S. The van der Waals surface area contributed by atoms with Gasteiger partial charge in [-0.15, -0.1) is 0 Å². The minimum absolute atomic E-state index is 0.0490. The molecule has 1 aliphatic rings. The summed E-state index contributed by atoms with van der Waals surface area (Å²) in [6.07, 6.45) is 0.159.